The molecule has 0 bridgehead atoms. The van der Waals surface area contributed by atoms with Crippen LogP contribution >= 0.6 is 0 Å². The predicted molar refractivity (Wildman–Crippen MR) is 141 cm³/mol. The van der Waals surface area contributed by atoms with E-state index in [9.17, 15) is 34.2 Å². The summed E-state index contributed by atoms with van der Waals surface area (Å²) in [6.07, 6.45) is -0.161. The summed E-state index contributed by atoms with van der Waals surface area (Å²) in [4.78, 5) is 64.1. The van der Waals surface area contributed by atoms with Crippen LogP contribution < -0.4 is 21.7 Å². The van der Waals surface area contributed by atoms with Crippen molar-refractivity contribution in [3.8, 4) is 0 Å². The van der Waals surface area contributed by atoms with Gasteiger partial charge in [0.05, 0.1) is 12.1 Å². The highest BCUT2D eigenvalue weighted by Crippen LogP contribution is 2.19. The van der Waals surface area contributed by atoms with Crippen molar-refractivity contribution in [3.63, 3.8) is 0 Å². The second kappa shape index (κ2) is 14.3. The van der Waals surface area contributed by atoms with Crippen molar-refractivity contribution in [2.45, 2.75) is 76.7 Å². The lowest BCUT2D eigenvalue weighted by Crippen LogP contribution is -2.60. The fourth-order valence-corrected chi connectivity index (χ4v) is 4.06. The zero-order valence-corrected chi connectivity index (χ0v) is 22.1. The van der Waals surface area contributed by atoms with E-state index in [-0.39, 0.29) is 18.8 Å². The third-order valence-corrected chi connectivity index (χ3v) is 6.12. The largest absolute Gasteiger partial charge is 0.481 e. The van der Waals surface area contributed by atoms with Crippen molar-refractivity contribution in [2.75, 3.05) is 0 Å². The van der Waals surface area contributed by atoms with Gasteiger partial charge in [0, 0.05) is 23.5 Å². The lowest BCUT2D eigenvalue weighted by Gasteiger charge is -2.27. The lowest BCUT2D eigenvalue weighted by molar-refractivity contribution is -0.144. The Bertz CT molecular complexity index is 1180. The van der Waals surface area contributed by atoms with Gasteiger partial charge in [-0.3, -0.25) is 19.2 Å². The van der Waals surface area contributed by atoms with Crippen LogP contribution in [0, 0.1) is 5.92 Å². The second-order valence-electron chi connectivity index (χ2n) is 9.92. The summed E-state index contributed by atoms with van der Waals surface area (Å²) in [5.41, 5.74) is 7.88. The number of hydrogen-bond acceptors (Lipinski definition) is 7. The molecule has 0 aliphatic rings. The van der Waals surface area contributed by atoms with Gasteiger partial charge in [0.15, 0.2) is 0 Å². The Balaban J connectivity index is 2.10. The first kappa shape index (κ1) is 31.2. The Morgan fingerprint density at radius 1 is 0.923 bits per heavy atom. The molecule has 5 unspecified atom stereocenters. The second-order valence-corrected chi connectivity index (χ2v) is 9.92. The average Bonchev–Trinajstić information content (AvgIpc) is 3.26. The first-order valence-electron chi connectivity index (χ1n) is 12.6. The summed E-state index contributed by atoms with van der Waals surface area (Å²) in [5.74, 6) is -5.12. The molecule has 0 radical (unpaired) electrons. The molecule has 0 saturated heterocycles. The van der Waals surface area contributed by atoms with Gasteiger partial charge in [-0.25, -0.2) is 4.79 Å². The number of carboxylic acid groups (broad SMARTS) is 2. The number of rotatable bonds is 15. The van der Waals surface area contributed by atoms with E-state index in [0.717, 1.165) is 16.5 Å². The molecular formula is C26H37N5O8. The molecule has 13 nitrogen and oxygen atoms in total. The molecule has 214 valence electrons. The normalized spacial score (nSPS) is 15.1. The predicted octanol–water partition coefficient (Wildman–Crippen LogP) is -0.132. The van der Waals surface area contributed by atoms with Gasteiger partial charge in [-0.2, -0.15) is 0 Å². The molecule has 2 aromatic rings. The number of nitrogens with two attached hydrogens (primary N) is 1. The smallest absolute Gasteiger partial charge is 0.326 e. The number of para-hydroxylation sites is 1. The molecule has 2 rings (SSSR count). The maximum atomic E-state index is 13.1. The van der Waals surface area contributed by atoms with Gasteiger partial charge in [-0.05, 0) is 43.7 Å². The molecule has 1 aromatic carbocycles. The van der Waals surface area contributed by atoms with Crippen LogP contribution in [-0.4, -0.2) is 80.2 Å². The summed E-state index contributed by atoms with van der Waals surface area (Å²) in [7, 11) is 0. The Hall–Kier alpha value is -3.97. The van der Waals surface area contributed by atoms with Crippen LogP contribution in [0.2, 0.25) is 0 Å². The quantitative estimate of drug-likeness (QED) is 0.148. The monoisotopic (exact) mass is 547 g/mol. The number of aromatic amines is 1. The summed E-state index contributed by atoms with van der Waals surface area (Å²) >= 11 is 0. The highest BCUT2D eigenvalue weighted by molar-refractivity contribution is 5.94. The average molecular weight is 548 g/mol. The van der Waals surface area contributed by atoms with Crippen LogP contribution in [0.4, 0.5) is 0 Å². The molecule has 5 atom stereocenters. The van der Waals surface area contributed by atoms with Crippen molar-refractivity contribution in [1.82, 2.24) is 20.9 Å². The molecule has 1 heterocycles. The fraction of sp³-hybridized carbons (Fsp3) is 0.500. The van der Waals surface area contributed by atoms with E-state index in [4.69, 9.17) is 10.8 Å². The third kappa shape index (κ3) is 9.37. The Morgan fingerprint density at radius 3 is 2.15 bits per heavy atom. The topological polar surface area (TPSA) is 224 Å². The van der Waals surface area contributed by atoms with Gasteiger partial charge < -0.3 is 42.0 Å². The zero-order valence-electron chi connectivity index (χ0n) is 22.1. The van der Waals surface area contributed by atoms with E-state index >= 15 is 0 Å². The highest BCUT2D eigenvalue weighted by atomic mass is 16.4. The molecule has 3 amide bonds. The van der Waals surface area contributed by atoms with Crippen LogP contribution in [0.1, 0.15) is 45.6 Å². The number of fused-ring (bicyclic) bond motifs is 1. The number of aliphatic carboxylic acids is 2. The maximum absolute atomic E-state index is 13.1. The number of aromatic nitrogens is 1. The highest BCUT2D eigenvalue weighted by Gasteiger charge is 2.33. The van der Waals surface area contributed by atoms with Gasteiger partial charge in [-0.1, -0.05) is 32.0 Å². The molecule has 0 aliphatic heterocycles. The van der Waals surface area contributed by atoms with E-state index < -0.39 is 72.8 Å². The standard InChI is InChI=1S/C26H37N5O8/c1-13(2)10-20(30-23(35)17(27)11-15-12-28-18-7-5-4-6-16(15)18)24(36)31-22(14(3)32)25(37)29-19(26(38)39)8-9-21(33)34/h4-7,12-14,17,19-20,22,28,32H,8-11,27H2,1-3H3,(H,29,37)(H,30,35)(H,31,36)(H,33,34)(H,38,39). The molecule has 1 aromatic heterocycles. The van der Waals surface area contributed by atoms with Crippen LogP contribution in [0.25, 0.3) is 10.9 Å². The molecule has 39 heavy (non-hydrogen) atoms. The van der Waals surface area contributed by atoms with Gasteiger partial charge in [-0.15, -0.1) is 0 Å². The zero-order chi connectivity index (χ0) is 29.3. The number of carbonyl (C=O) groups is 5. The molecule has 0 spiro atoms. The van der Waals surface area contributed by atoms with Gasteiger partial charge in [0.25, 0.3) is 0 Å². The minimum atomic E-state index is -1.56. The molecular weight excluding hydrogens is 510 g/mol. The number of benzene rings is 1. The van der Waals surface area contributed by atoms with Crippen molar-refractivity contribution >= 4 is 40.6 Å². The molecule has 0 aliphatic carbocycles. The summed E-state index contributed by atoms with van der Waals surface area (Å²) in [6.45, 7) is 4.89. The first-order valence-corrected chi connectivity index (χ1v) is 12.6. The van der Waals surface area contributed by atoms with Gasteiger partial charge >= 0.3 is 11.9 Å². The minimum Gasteiger partial charge on any atom is -0.481 e. The van der Waals surface area contributed by atoms with E-state index in [1.54, 1.807) is 6.20 Å². The van der Waals surface area contributed by atoms with Gasteiger partial charge in [0.2, 0.25) is 17.7 Å². The summed E-state index contributed by atoms with van der Waals surface area (Å²) < 4.78 is 0. The molecule has 0 fully saturated rings. The van der Waals surface area contributed by atoms with Gasteiger partial charge in [0.1, 0.15) is 18.1 Å². The molecule has 0 saturated carbocycles. The number of hydrogen-bond donors (Lipinski definition) is 8. The number of aliphatic hydroxyl groups is 1. The number of H-pyrrole nitrogens is 1. The Morgan fingerprint density at radius 2 is 1.56 bits per heavy atom. The number of carboxylic acids is 2. The van der Waals surface area contributed by atoms with Crippen molar-refractivity contribution < 1.29 is 39.3 Å². The lowest BCUT2D eigenvalue weighted by atomic mass is 10.0. The van der Waals surface area contributed by atoms with Crippen LogP contribution in [0.5, 0.6) is 0 Å². The van der Waals surface area contributed by atoms with E-state index in [0.29, 0.717) is 0 Å². The molecule has 9 N–H and O–H groups in total. The number of carbonyl (C=O) groups excluding carboxylic acids is 3. The van der Waals surface area contributed by atoms with E-state index in [1.807, 2.05) is 38.1 Å². The first-order chi connectivity index (χ1) is 18.3. The number of nitrogens with one attached hydrogen (secondary N) is 4. The van der Waals surface area contributed by atoms with Crippen LogP contribution in [0.3, 0.4) is 0 Å². The van der Waals surface area contributed by atoms with E-state index in [2.05, 4.69) is 20.9 Å². The fourth-order valence-electron chi connectivity index (χ4n) is 4.06. The SMILES string of the molecule is CC(C)CC(NC(=O)C(N)Cc1c[nH]c2ccccc12)C(=O)NC(C(=O)NC(CCC(=O)O)C(=O)O)C(C)O. The van der Waals surface area contributed by atoms with Crippen molar-refractivity contribution in [2.24, 2.45) is 11.7 Å². The summed E-state index contributed by atoms with van der Waals surface area (Å²) in [6, 6.07) is 2.37. The Labute approximate surface area is 225 Å². The number of amides is 3. The van der Waals surface area contributed by atoms with E-state index in [1.165, 1.54) is 6.92 Å². The summed E-state index contributed by atoms with van der Waals surface area (Å²) in [5, 5.41) is 36.3. The van der Waals surface area contributed by atoms with Crippen LogP contribution in [-0.2, 0) is 30.4 Å². The Kier molecular flexibility index (Phi) is 11.4. The van der Waals surface area contributed by atoms with Crippen molar-refractivity contribution in [3.05, 3.63) is 36.0 Å². The van der Waals surface area contributed by atoms with Crippen molar-refractivity contribution in [1.29, 1.82) is 0 Å². The minimum absolute atomic E-state index is 0.0443. The maximum Gasteiger partial charge on any atom is 0.326 e. The molecule has 13 heteroatoms. The third-order valence-electron chi connectivity index (χ3n) is 6.12. The van der Waals surface area contributed by atoms with Crippen LogP contribution in [0.15, 0.2) is 30.5 Å². The number of aliphatic hydroxyl groups excluding tert-OH is 1.